The van der Waals surface area contributed by atoms with Crippen molar-refractivity contribution in [2.75, 3.05) is 24.2 Å². The summed E-state index contributed by atoms with van der Waals surface area (Å²) in [6, 6.07) is 1.99. The summed E-state index contributed by atoms with van der Waals surface area (Å²) in [7, 11) is 0. The molecule has 2 aromatic heterocycles. The molecule has 0 aliphatic carbocycles. The van der Waals surface area contributed by atoms with E-state index in [9.17, 15) is 5.11 Å². The lowest BCUT2D eigenvalue weighted by atomic mass is 9.95. The monoisotopic (exact) mass is 278 g/mol. The second kappa shape index (κ2) is 5.54. The van der Waals surface area contributed by atoms with Gasteiger partial charge in [-0.3, -0.25) is 0 Å². The highest BCUT2D eigenvalue weighted by Gasteiger charge is 2.17. The molecule has 0 saturated carbocycles. The van der Waals surface area contributed by atoms with Gasteiger partial charge in [0.05, 0.1) is 11.9 Å². The molecular formula is C13H18N4OS. The lowest BCUT2D eigenvalue weighted by Crippen LogP contribution is -2.27. The van der Waals surface area contributed by atoms with Gasteiger partial charge in [0.15, 0.2) is 11.6 Å². The second-order valence-electron chi connectivity index (χ2n) is 5.18. The van der Waals surface area contributed by atoms with Crippen molar-refractivity contribution >= 4 is 23.0 Å². The van der Waals surface area contributed by atoms with Crippen LogP contribution in [0.25, 0.3) is 11.3 Å². The molecular weight excluding hydrogens is 260 g/mol. The Morgan fingerprint density at radius 1 is 1.47 bits per heavy atom. The normalized spacial score (nSPS) is 11.5. The van der Waals surface area contributed by atoms with Gasteiger partial charge in [0.25, 0.3) is 0 Å². The topological polar surface area (TPSA) is 84.1 Å². The third kappa shape index (κ3) is 3.42. The van der Waals surface area contributed by atoms with E-state index in [0.29, 0.717) is 18.2 Å². The molecule has 0 fully saturated rings. The number of hydrogen-bond acceptors (Lipinski definition) is 6. The van der Waals surface area contributed by atoms with Crippen LogP contribution in [0.1, 0.15) is 13.8 Å². The number of aliphatic hydroxyl groups excluding tert-OH is 1. The predicted octanol–water partition coefficient (Wildman–Crippen LogP) is 2.22. The molecule has 5 nitrogen and oxygen atoms in total. The van der Waals surface area contributed by atoms with Gasteiger partial charge in [-0.25, -0.2) is 9.97 Å². The number of aromatic nitrogens is 2. The molecule has 2 heterocycles. The van der Waals surface area contributed by atoms with Crippen molar-refractivity contribution in [2.24, 2.45) is 5.41 Å². The average molecular weight is 278 g/mol. The average Bonchev–Trinajstić information content (AvgIpc) is 2.92. The molecule has 0 aliphatic rings. The third-order valence-corrected chi connectivity index (χ3v) is 3.46. The minimum Gasteiger partial charge on any atom is -0.396 e. The number of rotatable bonds is 5. The zero-order chi connectivity index (χ0) is 13.9. The summed E-state index contributed by atoms with van der Waals surface area (Å²) >= 11 is 1.61. The van der Waals surface area contributed by atoms with Crippen molar-refractivity contribution in [3.63, 3.8) is 0 Å². The highest BCUT2D eigenvalue weighted by Crippen LogP contribution is 2.24. The van der Waals surface area contributed by atoms with Crippen molar-refractivity contribution < 1.29 is 5.11 Å². The zero-order valence-corrected chi connectivity index (χ0v) is 11.9. The Bertz CT molecular complexity index is 540. The number of anilines is 2. The zero-order valence-electron chi connectivity index (χ0n) is 11.1. The van der Waals surface area contributed by atoms with E-state index in [1.165, 1.54) is 0 Å². The Morgan fingerprint density at radius 2 is 2.26 bits per heavy atom. The molecule has 0 aliphatic heterocycles. The predicted molar refractivity (Wildman–Crippen MR) is 79.1 cm³/mol. The van der Waals surface area contributed by atoms with Crippen LogP contribution < -0.4 is 11.1 Å². The van der Waals surface area contributed by atoms with Crippen LogP contribution in [0.2, 0.25) is 0 Å². The van der Waals surface area contributed by atoms with Crippen molar-refractivity contribution in [1.82, 2.24) is 9.97 Å². The molecule has 0 atom stereocenters. The van der Waals surface area contributed by atoms with Crippen LogP contribution in [0.3, 0.4) is 0 Å². The van der Waals surface area contributed by atoms with E-state index in [-0.39, 0.29) is 12.0 Å². The van der Waals surface area contributed by atoms with Gasteiger partial charge in [0, 0.05) is 29.5 Å². The summed E-state index contributed by atoms with van der Waals surface area (Å²) in [6.45, 7) is 4.60. The number of thiophene rings is 1. The van der Waals surface area contributed by atoms with E-state index in [1.807, 2.05) is 30.7 Å². The van der Waals surface area contributed by atoms with Gasteiger partial charge >= 0.3 is 0 Å². The molecule has 0 saturated heterocycles. The summed E-state index contributed by atoms with van der Waals surface area (Å²) in [5.41, 5.74) is 7.41. The first kappa shape index (κ1) is 13.8. The van der Waals surface area contributed by atoms with Gasteiger partial charge in [0.2, 0.25) is 0 Å². The Labute approximate surface area is 116 Å². The van der Waals surface area contributed by atoms with Gasteiger partial charge in [-0.15, -0.1) is 0 Å². The van der Waals surface area contributed by atoms with E-state index in [2.05, 4.69) is 15.3 Å². The van der Waals surface area contributed by atoms with Crippen molar-refractivity contribution in [3.8, 4) is 11.3 Å². The largest absolute Gasteiger partial charge is 0.396 e. The van der Waals surface area contributed by atoms with Crippen LogP contribution in [0, 0.1) is 5.41 Å². The van der Waals surface area contributed by atoms with Crippen LogP contribution in [0.5, 0.6) is 0 Å². The second-order valence-corrected chi connectivity index (χ2v) is 5.96. The van der Waals surface area contributed by atoms with Gasteiger partial charge < -0.3 is 16.2 Å². The van der Waals surface area contributed by atoms with Crippen molar-refractivity contribution in [2.45, 2.75) is 13.8 Å². The maximum absolute atomic E-state index is 9.24. The molecule has 2 aromatic rings. The molecule has 2 rings (SSSR count). The summed E-state index contributed by atoms with van der Waals surface area (Å²) in [4.78, 5) is 8.63. The highest BCUT2D eigenvalue weighted by atomic mass is 32.1. The van der Waals surface area contributed by atoms with Crippen LogP contribution in [-0.4, -0.2) is 28.2 Å². The first-order valence-corrected chi connectivity index (χ1v) is 6.96. The van der Waals surface area contributed by atoms with Crippen LogP contribution >= 0.6 is 11.3 Å². The lowest BCUT2D eigenvalue weighted by Gasteiger charge is -2.22. The van der Waals surface area contributed by atoms with E-state index >= 15 is 0 Å². The van der Waals surface area contributed by atoms with E-state index in [4.69, 9.17) is 5.73 Å². The number of hydrogen-bond donors (Lipinski definition) is 3. The quantitative estimate of drug-likeness (QED) is 0.781. The first-order valence-electron chi connectivity index (χ1n) is 6.02. The van der Waals surface area contributed by atoms with Gasteiger partial charge in [-0.1, -0.05) is 13.8 Å². The Hall–Kier alpha value is -1.66. The highest BCUT2D eigenvalue weighted by molar-refractivity contribution is 7.08. The lowest BCUT2D eigenvalue weighted by molar-refractivity contribution is 0.171. The first-order chi connectivity index (χ1) is 9.02. The standard InChI is InChI=1S/C13H18N4OS/c1-13(2,8-18)7-16-12-11(14)15-5-10(17-12)9-3-4-19-6-9/h3-6,18H,7-8H2,1-2H3,(H2,14,15)(H,16,17). The molecule has 0 spiro atoms. The third-order valence-electron chi connectivity index (χ3n) is 2.78. The van der Waals surface area contributed by atoms with Gasteiger partial charge in [-0.2, -0.15) is 11.3 Å². The molecule has 102 valence electrons. The smallest absolute Gasteiger partial charge is 0.169 e. The van der Waals surface area contributed by atoms with E-state index in [0.717, 1.165) is 11.3 Å². The number of nitrogen functional groups attached to an aromatic ring is 1. The number of nitrogens with zero attached hydrogens (tertiary/aromatic N) is 2. The molecule has 0 radical (unpaired) electrons. The molecule has 0 unspecified atom stereocenters. The van der Waals surface area contributed by atoms with E-state index in [1.54, 1.807) is 17.5 Å². The van der Waals surface area contributed by atoms with Crippen LogP contribution in [-0.2, 0) is 0 Å². The number of nitrogens with one attached hydrogen (secondary N) is 1. The minimum absolute atomic E-state index is 0.0948. The van der Waals surface area contributed by atoms with Crippen LogP contribution in [0.15, 0.2) is 23.0 Å². The molecule has 0 aromatic carbocycles. The molecule has 0 bridgehead atoms. The SMILES string of the molecule is CC(C)(CO)CNc1nc(-c2ccsc2)cnc1N. The van der Waals surface area contributed by atoms with Crippen molar-refractivity contribution in [1.29, 1.82) is 0 Å². The fraction of sp³-hybridized carbons (Fsp3) is 0.385. The molecule has 0 amide bonds. The minimum atomic E-state index is -0.230. The van der Waals surface area contributed by atoms with Gasteiger partial charge in [0.1, 0.15) is 0 Å². The Balaban J connectivity index is 2.19. The fourth-order valence-corrected chi connectivity index (χ4v) is 2.11. The summed E-state index contributed by atoms with van der Waals surface area (Å²) in [5.74, 6) is 0.929. The molecule has 6 heteroatoms. The Morgan fingerprint density at radius 3 is 2.89 bits per heavy atom. The molecule has 19 heavy (non-hydrogen) atoms. The molecule has 4 N–H and O–H groups in total. The number of nitrogens with two attached hydrogens (primary N) is 1. The Kier molecular flexibility index (Phi) is 4.01. The summed E-state index contributed by atoms with van der Waals surface area (Å²) in [5, 5.41) is 16.4. The van der Waals surface area contributed by atoms with Crippen LogP contribution in [0.4, 0.5) is 11.6 Å². The van der Waals surface area contributed by atoms with E-state index < -0.39 is 0 Å². The van der Waals surface area contributed by atoms with Gasteiger partial charge in [-0.05, 0) is 11.4 Å². The van der Waals surface area contributed by atoms with Crippen molar-refractivity contribution in [3.05, 3.63) is 23.0 Å². The summed E-state index contributed by atoms with van der Waals surface area (Å²) < 4.78 is 0. The maximum atomic E-state index is 9.24. The number of aliphatic hydroxyl groups is 1. The fourth-order valence-electron chi connectivity index (χ4n) is 1.46. The maximum Gasteiger partial charge on any atom is 0.169 e. The summed E-state index contributed by atoms with van der Waals surface area (Å²) in [6.07, 6.45) is 1.67.